The van der Waals surface area contributed by atoms with Crippen molar-refractivity contribution in [3.63, 3.8) is 0 Å². The molecule has 0 saturated heterocycles. The third-order valence-electron chi connectivity index (χ3n) is 3.85. The molecule has 4 nitrogen and oxygen atoms in total. The van der Waals surface area contributed by atoms with Gasteiger partial charge in [0.15, 0.2) is 0 Å². The van der Waals surface area contributed by atoms with E-state index in [2.05, 4.69) is 22.2 Å². The molecule has 2 heterocycles. The number of para-hydroxylation sites is 1. The number of allylic oxidation sites excluding steroid dienone is 1. The van der Waals surface area contributed by atoms with Gasteiger partial charge in [-0.1, -0.05) is 23.7 Å². The first-order valence-corrected chi connectivity index (χ1v) is 7.40. The van der Waals surface area contributed by atoms with Crippen molar-refractivity contribution >= 4 is 28.3 Å². The summed E-state index contributed by atoms with van der Waals surface area (Å²) in [6.45, 7) is 0.747. The van der Waals surface area contributed by atoms with Gasteiger partial charge in [0.05, 0.1) is 23.8 Å². The highest BCUT2D eigenvalue weighted by atomic mass is 35.5. The van der Waals surface area contributed by atoms with Crippen LogP contribution in [0.15, 0.2) is 48.5 Å². The Bertz CT molecular complexity index is 881. The van der Waals surface area contributed by atoms with Crippen molar-refractivity contribution in [3.05, 3.63) is 59.1 Å². The standard InChI is InChI=1S/C17H14ClN3O/c1-22-20-14-9-10-21-16-13(14)3-2-4-15(16)19-17(21)11-5-7-12(18)8-6-11/h2-9,20H,10H2,1H3. The molecule has 0 saturated carbocycles. The minimum atomic E-state index is 0.727. The van der Waals surface area contributed by atoms with Crippen molar-refractivity contribution in [3.8, 4) is 11.4 Å². The van der Waals surface area contributed by atoms with Gasteiger partial charge >= 0.3 is 0 Å². The first-order chi connectivity index (χ1) is 10.8. The summed E-state index contributed by atoms with van der Waals surface area (Å²) >= 11 is 5.98. The van der Waals surface area contributed by atoms with Crippen LogP contribution >= 0.6 is 11.6 Å². The van der Waals surface area contributed by atoms with Crippen LogP contribution in [-0.2, 0) is 11.4 Å². The van der Waals surface area contributed by atoms with Crippen molar-refractivity contribution in [2.45, 2.75) is 6.54 Å². The van der Waals surface area contributed by atoms with E-state index in [0.29, 0.717) is 0 Å². The molecular weight excluding hydrogens is 298 g/mol. The molecule has 0 amide bonds. The van der Waals surface area contributed by atoms with Crippen LogP contribution in [0.2, 0.25) is 5.02 Å². The summed E-state index contributed by atoms with van der Waals surface area (Å²) in [5.41, 5.74) is 8.17. The summed E-state index contributed by atoms with van der Waals surface area (Å²) in [7, 11) is 1.62. The zero-order valence-corrected chi connectivity index (χ0v) is 12.8. The third-order valence-corrected chi connectivity index (χ3v) is 4.10. The molecule has 0 unspecified atom stereocenters. The Kier molecular flexibility index (Phi) is 3.13. The number of nitrogens with zero attached hydrogens (tertiary/aromatic N) is 2. The minimum Gasteiger partial charge on any atom is -0.319 e. The lowest BCUT2D eigenvalue weighted by Gasteiger charge is -2.18. The summed E-state index contributed by atoms with van der Waals surface area (Å²) in [5.74, 6) is 0.951. The lowest BCUT2D eigenvalue weighted by molar-refractivity contribution is 0.136. The highest BCUT2D eigenvalue weighted by Gasteiger charge is 2.20. The summed E-state index contributed by atoms with van der Waals surface area (Å²) < 4.78 is 2.22. The van der Waals surface area contributed by atoms with Crippen molar-refractivity contribution in [1.29, 1.82) is 0 Å². The number of hydrogen-bond donors (Lipinski definition) is 1. The summed E-state index contributed by atoms with van der Waals surface area (Å²) in [5, 5.41) is 0.727. The molecule has 3 aromatic rings. The number of imidazole rings is 1. The van der Waals surface area contributed by atoms with Gasteiger partial charge in [-0.2, -0.15) is 0 Å². The minimum absolute atomic E-state index is 0.727. The van der Waals surface area contributed by atoms with E-state index in [-0.39, 0.29) is 0 Å². The fourth-order valence-corrected chi connectivity index (χ4v) is 3.03. The van der Waals surface area contributed by atoms with Gasteiger partial charge in [0, 0.05) is 22.7 Å². The molecule has 110 valence electrons. The lowest BCUT2D eigenvalue weighted by Crippen LogP contribution is -2.15. The van der Waals surface area contributed by atoms with Gasteiger partial charge in [0.25, 0.3) is 0 Å². The molecule has 0 atom stereocenters. The average Bonchev–Trinajstić information content (AvgIpc) is 2.91. The summed E-state index contributed by atoms with van der Waals surface area (Å²) in [6, 6.07) is 13.9. The van der Waals surface area contributed by atoms with E-state index in [4.69, 9.17) is 21.4 Å². The molecular formula is C17H14ClN3O. The number of hydrogen-bond acceptors (Lipinski definition) is 3. The van der Waals surface area contributed by atoms with Crippen molar-refractivity contribution in [2.75, 3.05) is 7.11 Å². The topological polar surface area (TPSA) is 39.1 Å². The maximum atomic E-state index is 5.98. The maximum absolute atomic E-state index is 5.98. The molecule has 1 aliphatic heterocycles. The second kappa shape index (κ2) is 5.16. The molecule has 0 aliphatic carbocycles. The molecule has 2 aromatic carbocycles. The average molecular weight is 312 g/mol. The molecule has 1 N–H and O–H groups in total. The first-order valence-electron chi connectivity index (χ1n) is 7.02. The molecule has 0 spiro atoms. The summed E-state index contributed by atoms with van der Waals surface area (Å²) in [6.07, 6.45) is 2.10. The van der Waals surface area contributed by atoms with Gasteiger partial charge in [0.1, 0.15) is 5.82 Å². The van der Waals surface area contributed by atoms with E-state index in [1.54, 1.807) is 7.11 Å². The van der Waals surface area contributed by atoms with Gasteiger partial charge in [-0.05, 0) is 36.4 Å². The Morgan fingerprint density at radius 2 is 2.00 bits per heavy atom. The van der Waals surface area contributed by atoms with Crippen LogP contribution < -0.4 is 5.48 Å². The van der Waals surface area contributed by atoms with E-state index in [9.17, 15) is 0 Å². The normalized spacial score (nSPS) is 13.3. The smallest absolute Gasteiger partial charge is 0.141 e. The quantitative estimate of drug-likeness (QED) is 0.746. The predicted molar refractivity (Wildman–Crippen MR) is 88.3 cm³/mol. The van der Waals surface area contributed by atoms with Crippen LogP contribution in [-0.4, -0.2) is 16.7 Å². The molecule has 0 radical (unpaired) electrons. The molecule has 5 heteroatoms. The molecule has 1 aromatic heterocycles. The lowest BCUT2D eigenvalue weighted by atomic mass is 10.1. The van der Waals surface area contributed by atoms with Crippen LogP contribution in [0.1, 0.15) is 5.56 Å². The Hall–Kier alpha value is -2.30. The van der Waals surface area contributed by atoms with Crippen LogP contribution in [0.5, 0.6) is 0 Å². The molecule has 4 rings (SSSR count). The SMILES string of the molecule is CONC1=CCn2c(-c3ccc(Cl)cc3)nc3cccc1c32. The zero-order valence-electron chi connectivity index (χ0n) is 12.0. The number of halogens is 1. The second-order valence-corrected chi connectivity index (χ2v) is 5.59. The zero-order chi connectivity index (χ0) is 15.1. The number of benzene rings is 2. The highest BCUT2D eigenvalue weighted by Crippen LogP contribution is 2.33. The Balaban J connectivity index is 1.93. The van der Waals surface area contributed by atoms with Crippen LogP contribution in [0, 0.1) is 0 Å². The largest absolute Gasteiger partial charge is 0.319 e. The highest BCUT2D eigenvalue weighted by molar-refractivity contribution is 6.30. The first kappa shape index (κ1) is 13.4. The van der Waals surface area contributed by atoms with E-state index in [1.807, 2.05) is 36.4 Å². The fourth-order valence-electron chi connectivity index (χ4n) is 2.90. The van der Waals surface area contributed by atoms with Crippen LogP contribution in [0.25, 0.3) is 28.1 Å². The number of nitrogens with one attached hydrogen (secondary N) is 1. The molecule has 0 bridgehead atoms. The predicted octanol–water partition coefficient (Wildman–Crippen LogP) is 3.86. The van der Waals surface area contributed by atoms with Crippen molar-refractivity contribution < 1.29 is 4.84 Å². The number of aromatic nitrogens is 2. The van der Waals surface area contributed by atoms with Crippen molar-refractivity contribution in [2.24, 2.45) is 0 Å². The number of hydroxylamine groups is 1. The van der Waals surface area contributed by atoms with E-state index >= 15 is 0 Å². The third kappa shape index (κ3) is 2.00. The Morgan fingerprint density at radius 1 is 1.18 bits per heavy atom. The Labute approximate surface area is 132 Å². The van der Waals surface area contributed by atoms with Crippen LogP contribution in [0.3, 0.4) is 0 Å². The van der Waals surface area contributed by atoms with Gasteiger partial charge < -0.3 is 4.57 Å². The molecule has 22 heavy (non-hydrogen) atoms. The van der Waals surface area contributed by atoms with Gasteiger partial charge in [-0.15, -0.1) is 0 Å². The van der Waals surface area contributed by atoms with E-state index in [1.165, 1.54) is 0 Å². The fraction of sp³-hybridized carbons (Fsp3) is 0.118. The summed E-state index contributed by atoms with van der Waals surface area (Å²) in [4.78, 5) is 9.87. The van der Waals surface area contributed by atoms with Gasteiger partial charge in [-0.3, -0.25) is 10.3 Å². The molecule has 1 aliphatic rings. The number of rotatable bonds is 3. The maximum Gasteiger partial charge on any atom is 0.141 e. The van der Waals surface area contributed by atoms with Gasteiger partial charge in [0.2, 0.25) is 0 Å². The van der Waals surface area contributed by atoms with Crippen LogP contribution in [0.4, 0.5) is 0 Å². The second-order valence-electron chi connectivity index (χ2n) is 5.15. The Morgan fingerprint density at radius 3 is 2.77 bits per heavy atom. The van der Waals surface area contributed by atoms with Crippen molar-refractivity contribution in [1.82, 2.24) is 15.0 Å². The van der Waals surface area contributed by atoms with E-state index < -0.39 is 0 Å². The van der Waals surface area contributed by atoms with E-state index in [0.717, 1.165) is 45.2 Å². The van der Waals surface area contributed by atoms with Gasteiger partial charge in [-0.25, -0.2) is 4.98 Å². The molecule has 0 fully saturated rings. The monoisotopic (exact) mass is 311 g/mol.